The second kappa shape index (κ2) is 5.74. The van der Waals surface area contributed by atoms with Crippen LogP contribution in [0.3, 0.4) is 0 Å². The molecule has 0 spiro atoms. The Bertz CT molecular complexity index is 645. The van der Waals surface area contributed by atoms with Crippen LogP contribution in [-0.2, 0) is 6.54 Å². The molecule has 8 nitrogen and oxygen atoms in total. The molecule has 2 aromatic rings. The third-order valence-electron chi connectivity index (χ3n) is 2.53. The Hall–Kier alpha value is -3.03. The summed E-state index contributed by atoms with van der Waals surface area (Å²) in [6.45, 7) is 0.218. The number of nitro groups is 1. The first-order valence-corrected chi connectivity index (χ1v) is 5.60. The topological polar surface area (TPSA) is 118 Å². The van der Waals surface area contributed by atoms with Crippen LogP contribution in [0.4, 0.5) is 11.4 Å². The van der Waals surface area contributed by atoms with Gasteiger partial charge in [-0.25, -0.2) is 4.79 Å². The smallest absolute Gasteiger partial charge is 0.337 e. The van der Waals surface area contributed by atoms with Gasteiger partial charge < -0.3 is 10.4 Å². The fraction of sp³-hybridized carbons (Fsp3) is 0.0833. The summed E-state index contributed by atoms with van der Waals surface area (Å²) in [5.74, 6) is -1.17. The van der Waals surface area contributed by atoms with E-state index >= 15 is 0 Å². The van der Waals surface area contributed by atoms with Gasteiger partial charge in [0.1, 0.15) is 0 Å². The highest BCUT2D eigenvalue weighted by atomic mass is 16.6. The molecule has 1 aromatic heterocycles. The number of aromatic nitrogens is 2. The Labute approximate surface area is 113 Å². The van der Waals surface area contributed by atoms with Crippen LogP contribution in [0.5, 0.6) is 0 Å². The first-order chi connectivity index (χ1) is 9.58. The maximum atomic E-state index is 11.1. The number of carboxylic acids is 1. The average molecular weight is 274 g/mol. The predicted octanol–water partition coefficient (Wildman–Crippen LogP) is 1.70. The molecule has 0 aliphatic heterocycles. The largest absolute Gasteiger partial charge is 0.478 e. The fourth-order valence-electron chi connectivity index (χ4n) is 1.59. The molecule has 1 aromatic carbocycles. The lowest BCUT2D eigenvalue weighted by atomic mass is 10.1. The van der Waals surface area contributed by atoms with Gasteiger partial charge >= 0.3 is 5.97 Å². The second-order valence-corrected chi connectivity index (χ2v) is 3.86. The summed E-state index contributed by atoms with van der Waals surface area (Å²) in [6, 6.07) is 6.92. The maximum absolute atomic E-state index is 11.1. The van der Waals surface area contributed by atoms with E-state index in [4.69, 9.17) is 5.11 Å². The van der Waals surface area contributed by atoms with Crippen molar-refractivity contribution >= 4 is 17.3 Å². The summed E-state index contributed by atoms with van der Waals surface area (Å²) in [6.07, 6.45) is 1.51. The molecule has 0 aliphatic carbocycles. The van der Waals surface area contributed by atoms with Gasteiger partial charge in [0.15, 0.2) is 0 Å². The number of benzene rings is 1. The second-order valence-electron chi connectivity index (χ2n) is 3.86. The summed E-state index contributed by atoms with van der Waals surface area (Å²) >= 11 is 0. The molecule has 0 saturated heterocycles. The minimum atomic E-state index is -1.17. The number of non-ortho nitro benzene ring substituents is 1. The Balaban J connectivity index is 2.26. The molecule has 0 fully saturated rings. The van der Waals surface area contributed by atoms with Crippen LogP contribution in [0, 0.1) is 10.1 Å². The summed E-state index contributed by atoms with van der Waals surface area (Å²) in [4.78, 5) is 21.2. The first kappa shape index (κ1) is 13.4. The number of nitro benzene ring substituents is 1. The van der Waals surface area contributed by atoms with E-state index in [1.165, 1.54) is 18.3 Å². The molecule has 0 atom stereocenters. The molecule has 1 heterocycles. The quantitative estimate of drug-likeness (QED) is 0.629. The molecule has 20 heavy (non-hydrogen) atoms. The highest BCUT2D eigenvalue weighted by Crippen LogP contribution is 2.23. The van der Waals surface area contributed by atoms with E-state index in [-0.39, 0.29) is 23.5 Å². The van der Waals surface area contributed by atoms with Crippen molar-refractivity contribution in [1.29, 1.82) is 0 Å². The van der Waals surface area contributed by atoms with Gasteiger partial charge in [0.2, 0.25) is 0 Å². The highest BCUT2D eigenvalue weighted by molar-refractivity contribution is 5.94. The molecular formula is C12H10N4O4. The molecule has 2 rings (SSSR count). The molecule has 0 unspecified atom stereocenters. The van der Waals surface area contributed by atoms with Crippen molar-refractivity contribution in [3.05, 3.63) is 57.9 Å². The van der Waals surface area contributed by atoms with Crippen LogP contribution >= 0.6 is 0 Å². The third-order valence-corrected chi connectivity index (χ3v) is 2.53. The van der Waals surface area contributed by atoms with Crippen LogP contribution < -0.4 is 5.32 Å². The third kappa shape index (κ3) is 3.05. The zero-order chi connectivity index (χ0) is 14.5. The Kier molecular flexibility index (Phi) is 3.85. The standard InChI is InChI=1S/C12H10N4O4/c17-12(18)10-4-3-9(16(19)20)6-11(10)13-7-8-2-1-5-14-15-8/h1-6,13H,7H2,(H,17,18). The number of anilines is 1. The molecule has 0 radical (unpaired) electrons. The van der Waals surface area contributed by atoms with Gasteiger partial charge in [-0.1, -0.05) is 0 Å². The van der Waals surface area contributed by atoms with Crippen LogP contribution in [0.1, 0.15) is 16.1 Å². The number of carbonyl (C=O) groups is 1. The lowest BCUT2D eigenvalue weighted by Gasteiger charge is -2.08. The molecule has 0 bridgehead atoms. The Morgan fingerprint density at radius 3 is 2.80 bits per heavy atom. The fourth-order valence-corrected chi connectivity index (χ4v) is 1.59. The maximum Gasteiger partial charge on any atom is 0.337 e. The van der Waals surface area contributed by atoms with E-state index in [1.54, 1.807) is 12.1 Å². The first-order valence-electron chi connectivity index (χ1n) is 5.60. The normalized spacial score (nSPS) is 10.0. The van der Waals surface area contributed by atoms with Crippen LogP contribution in [0.15, 0.2) is 36.5 Å². The van der Waals surface area contributed by atoms with E-state index in [1.807, 2.05) is 0 Å². The molecular weight excluding hydrogens is 264 g/mol. The van der Waals surface area contributed by atoms with E-state index in [0.29, 0.717) is 5.69 Å². The zero-order valence-electron chi connectivity index (χ0n) is 10.2. The molecule has 0 aliphatic rings. The summed E-state index contributed by atoms with van der Waals surface area (Å²) < 4.78 is 0. The number of aromatic carboxylic acids is 1. The number of rotatable bonds is 5. The average Bonchev–Trinajstić information content (AvgIpc) is 2.45. The van der Waals surface area contributed by atoms with E-state index in [2.05, 4.69) is 15.5 Å². The molecule has 0 saturated carbocycles. The van der Waals surface area contributed by atoms with Crippen molar-refractivity contribution in [2.45, 2.75) is 6.54 Å². The van der Waals surface area contributed by atoms with Crippen molar-refractivity contribution in [1.82, 2.24) is 10.2 Å². The van der Waals surface area contributed by atoms with Crippen LogP contribution in [-0.4, -0.2) is 26.2 Å². The number of nitrogens with zero attached hydrogens (tertiary/aromatic N) is 3. The number of nitrogens with one attached hydrogen (secondary N) is 1. The Morgan fingerprint density at radius 2 is 2.20 bits per heavy atom. The lowest BCUT2D eigenvalue weighted by molar-refractivity contribution is -0.384. The zero-order valence-corrected chi connectivity index (χ0v) is 10.2. The molecule has 102 valence electrons. The predicted molar refractivity (Wildman–Crippen MR) is 69.4 cm³/mol. The van der Waals surface area contributed by atoms with Crippen molar-refractivity contribution in [2.24, 2.45) is 0 Å². The summed E-state index contributed by atoms with van der Waals surface area (Å²) in [5, 5.41) is 30.1. The Morgan fingerprint density at radius 1 is 1.40 bits per heavy atom. The van der Waals surface area contributed by atoms with E-state index in [9.17, 15) is 14.9 Å². The van der Waals surface area contributed by atoms with Crippen LogP contribution in [0.25, 0.3) is 0 Å². The van der Waals surface area contributed by atoms with Crippen LogP contribution in [0.2, 0.25) is 0 Å². The monoisotopic (exact) mass is 274 g/mol. The summed E-state index contributed by atoms with van der Waals surface area (Å²) in [7, 11) is 0. The van der Waals surface area contributed by atoms with Gasteiger partial charge in [-0.2, -0.15) is 10.2 Å². The van der Waals surface area contributed by atoms with E-state index < -0.39 is 10.9 Å². The van der Waals surface area contributed by atoms with Gasteiger partial charge in [0.05, 0.1) is 28.4 Å². The number of hydrogen-bond donors (Lipinski definition) is 2. The van der Waals surface area contributed by atoms with E-state index in [0.717, 1.165) is 6.07 Å². The molecule has 0 amide bonds. The summed E-state index contributed by atoms with van der Waals surface area (Å²) in [5.41, 5.74) is 0.531. The molecule has 8 heteroatoms. The van der Waals surface area contributed by atoms with Crippen molar-refractivity contribution in [2.75, 3.05) is 5.32 Å². The van der Waals surface area contributed by atoms with Gasteiger partial charge in [-0.15, -0.1) is 0 Å². The SMILES string of the molecule is O=C(O)c1ccc([N+](=O)[O-])cc1NCc1cccnn1. The lowest BCUT2D eigenvalue weighted by Crippen LogP contribution is -2.08. The van der Waals surface area contributed by atoms with Gasteiger partial charge in [-0.3, -0.25) is 10.1 Å². The van der Waals surface area contributed by atoms with Gasteiger partial charge in [-0.05, 0) is 18.2 Å². The highest BCUT2D eigenvalue weighted by Gasteiger charge is 2.15. The van der Waals surface area contributed by atoms with Gasteiger partial charge in [0, 0.05) is 18.3 Å². The number of hydrogen-bond acceptors (Lipinski definition) is 6. The van der Waals surface area contributed by atoms with Gasteiger partial charge in [0.25, 0.3) is 5.69 Å². The minimum absolute atomic E-state index is 0.0421. The van der Waals surface area contributed by atoms with Crippen molar-refractivity contribution < 1.29 is 14.8 Å². The molecule has 2 N–H and O–H groups in total. The van der Waals surface area contributed by atoms with Crippen molar-refractivity contribution in [3.8, 4) is 0 Å². The van der Waals surface area contributed by atoms with Crippen molar-refractivity contribution in [3.63, 3.8) is 0 Å². The number of carboxylic acid groups (broad SMARTS) is 1. The minimum Gasteiger partial charge on any atom is -0.478 e.